The van der Waals surface area contributed by atoms with E-state index in [1.165, 1.54) is 60.2 Å². The number of aliphatic carboxylic acids is 1. The number of aromatic nitrogens is 2. The van der Waals surface area contributed by atoms with E-state index in [1.807, 2.05) is 17.5 Å². The van der Waals surface area contributed by atoms with Crippen molar-refractivity contribution in [1.82, 2.24) is 20.2 Å². The molecule has 0 spiro atoms. The zero-order valence-corrected chi connectivity index (χ0v) is 20.1. The van der Waals surface area contributed by atoms with Crippen LogP contribution in [0.3, 0.4) is 0 Å². The number of carboxylic acids is 1. The van der Waals surface area contributed by atoms with Crippen LogP contribution >= 0.6 is 34.9 Å². The van der Waals surface area contributed by atoms with E-state index in [0.29, 0.717) is 28.0 Å². The van der Waals surface area contributed by atoms with Gasteiger partial charge in [0.05, 0.1) is 25.9 Å². The molecule has 2 aliphatic rings. The summed E-state index contributed by atoms with van der Waals surface area (Å²) in [6, 6.07) is 3.67. The van der Waals surface area contributed by atoms with Gasteiger partial charge < -0.3 is 19.9 Å². The number of carbonyl (C=O) groups excluding carboxylic acids is 2. The van der Waals surface area contributed by atoms with Crippen molar-refractivity contribution in [1.29, 1.82) is 0 Å². The van der Waals surface area contributed by atoms with E-state index >= 15 is 0 Å². The predicted molar refractivity (Wildman–Crippen MR) is 123 cm³/mol. The summed E-state index contributed by atoms with van der Waals surface area (Å²) >= 11 is 4.08. The number of methoxy groups -OCH3 is 2. The number of carbonyl (C=O) groups is 3. The molecule has 0 radical (unpaired) electrons. The fourth-order valence-electron chi connectivity index (χ4n) is 3.54. The van der Waals surface area contributed by atoms with Crippen LogP contribution in [0, 0.1) is 0 Å². The van der Waals surface area contributed by atoms with Gasteiger partial charge in [-0.05, 0) is 17.0 Å². The van der Waals surface area contributed by atoms with Gasteiger partial charge in [0.25, 0.3) is 11.6 Å². The molecule has 4 rings (SSSR count). The van der Waals surface area contributed by atoms with Gasteiger partial charge in [-0.1, -0.05) is 6.07 Å². The quantitative estimate of drug-likeness (QED) is 0.292. The van der Waals surface area contributed by atoms with E-state index < -0.39 is 23.0 Å². The lowest BCUT2D eigenvalue weighted by Crippen LogP contribution is -2.80. The van der Waals surface area contributed by atoms with Crippen LogP contribution in [-0.4, -0.2) is 74.6 Å². The van der Waals surface area contributed by atoms with Crippen molar-refractivity contribution in [3.63, 3.8) is 0 Å². The smallest absolute Gasteiger partial charge is 0.352 e. The number of carboxylic acid groups (broad SMARTS) is 1. The van der Waals surface area contributed by atoms with Crippen molar-refractivity contribution >= 4 is 52.6 Å². The molecule has 2 N–H and O–H groups in total. The molecule has 2 aromatic heterocycles. The Morgan fingerprint density at radius 1 is 1.39 bits per heavy atom. The monoisotopic (exact) mass is 508 g/mol. The van der Waals surface area contributed by atoms with Gasteiger partial charge in [-0.3, -0.25) is 19.5 Å². The van der Waals surface area contributed by atoms with Gasteiger partial charge in [0.2, 0.25) is 11.8 Å². The number of rotatable bonds is 9. The molecule has 1 fully saturated rings. The molecular formula is C20H20N4O6S3. The standard InChI is InChI=1S/C20H20N4O6S3/c1-29-14-7-21-8-15(22-14)32-9-11-10-33-19-20(30-2,18(28)24(19)16(11)17(26)27)23-13(25)6-12-4-3-5-31-12/h3-5,7-8,19H,6,9-10H2,1-2H3,(H,23,25)(H,26,27)/t19-,20-/m0/s1. The molecule has 33 heavy (non-hydrogen) atoms. The van der Waals surface area contributed by atoms with Crippen LogP contribution in [0.1, 0.15) is 4.88 Å². The number of nitrogens with zero attached hydrogens (tertiary/aromatic N) is 3. The largest absolute Gasteiger partial charge is 0.480 e. The molecule has 0 saturated carbocycles. The summed E-state index contributed by atoms with van der Waals surface area (Å²) < 4.78 is 10.5. The number of hydrogen-bond donors (Lipinski definition) is 2. The van der Waals surface area contributed by atoms with Crippen molar-refractivity contribution in [2.24, 2.45) is 0 Å². The van der Waals surface area contributed by atoms with Crippen LogP contribution in [0.5, 0.6) is 5.88 Å². The Morgan fingerprint density at radius 2 is 2.21 bits per heavy atom. The fourth-order valence-corrected chi connectivity index (χ4v) is 6.66. The minimum Gasteiger partial charge on any atom is -0.480 e. The minimum absolute atomic E-state index is 0.0905. The van der Waals surface area contributed by atoms with E-state index in [4.69, 9.17) is 9.47 Å². The first-order chi connectivity index (χ1) is 15.9. The molecule has 2 aromatic rings. The number of β-lactam (4-membered cyclic amide) rings is 1. The highest BCUT2D eigenvalue weighted by Gasteiger charge is 2.66. The molecule has 174 valence electrons. The number of thiophene rings is 1. The van der Waals surface area contributed by atoms with Gasteiger partial charge in [-0.25, -0.2) is 9.78 Å². The normalized spacial score (nSPS) is 21.9. The van der Waals surface area contributed by atoms with Gasteiger partial charge in [0.1, 0.15) is 16.1 Å². The first-order valence-electron chi connectivity index (χ1n) is 9.67. The third-order valence-electron chi connectivity index (χ3n) is 5.07. The molecule has 4 heterocycles. The molecular weight excluding hydrogens is 488 g/mol. The fraction of sp³-hybridized carbons (Fsp3) is 0.350. The lowest BCUT2D eigenvalue weighted by Gasteiger charge is -2.55. The Kier molecular flexibility index (Phi) is 6.93. The third kappa shape index (κ3) is 4.45. The summed E-state index contributed by atoms with van der Waals surface area (Å²) in [5.41, 5.74) is -1.12. The number of nitrogens with one attached hydrogen (secondary N) is 1. The SMILES string of the molecule is COc1cncc(SCC2=C(C(=O)O)N3C(=O)[C@](NC(=O)Cc4cccs4)(OC)[C@@H]3SC2)n1. The Balaban J connectivity index is 1.52. The Morgan fingerprint density at radius 3 is 2.88 bits per heavy atom. The number of hydrogen-bond acceptors (Lipinski definition) is 10. The molecule has 0 aromatic carbocycles. The summed E-state index contributed by atoms with van der Waals surface area (Å²) in [6.07, 6.45) is 3.14. The van der Waals surface area contributed by atoms with Gasteiger partial charge in [-0.15, -0.1) is 34.9 Å². The summed E-state index contributed by atoms with van der Waals surface area (Å²) in [6.45, 7) is 0. The maximum Gasteiger partial charge on any atom is 0.352 e. The van der Waals surface area contributed by atoms with Gasteiger partial charge in [0.15, 0.2) is 0 Å². The van der Waals surface area contributed by atoms with Crippen molar-refractivity contribution in [2.45, 2.75) is 22.5 Å². The maximum atomic E-state index is 13.1. The molecule has 13 heteroatoms. The van der Waals surface area contributed by atoms with Gasteiger partial charge in [-0.2, -0.15) is 0 Å². The predicted octanol–water partition coefficient (Wildman–Crippen LogP) is 1.59. The molecule has 0 unspecified atom stereocenters. The lowest BCUT2D eigenvalue weighted by molar-refractivity contribution is -0.192. The zero-order chi connectivity index (χ0) is 23.6. The van der Waals surface area contributed by atoms with Crippen LogP contribution < -0.4 is 10.1 Å². The second-order valence-corrected chi connectivity index (χ2v) is 10.1. The summed E-state index contributed by atoms with van der Waals surface area (Å²) in [4.78, 5) is 48.2. The van der Waals surface area contributed by atoms with Crippen LogP contribution in [0.4, 0.5) is 0 Å². The average molecular weight is 509 g/mol. The number of amides is 2. The van der Waals surface area contributed by atoms with Crippen molar-refractivity contribution in [2.75, 3.05) is 25.7 Å². The second-order valence-electron chi connectivity index (χ2n) is 7.03. The number of fused-ring (bicyclic) bond motifs is 1. The van der Waals surface area contributed by atoms with Crippen LogP contribution in [0.2, 0.25) is 0 Å². The molecule has 0 bridgehead atoms. The number of thioether (sulfide) groups is 2. The maximum absolute atomic E-state index is 13.1. The molecule has 0 aliphatic carbocycles. The van der Waals surface area contributed by atoms with Crippen LogP contribution in [0.25, 0.3) is 0 Å². The van der Waals surface area contributed by atoms with Crippen LogP contribution in [-0.2, 0) is 25.5 Å². The second kappa shape index (κ2) is 9.71. The van der Waals surface area contributed by atoms with E-state index in [0.717, 1.165) is 4.88 Å². The summed E-state index contributed by atoms with van der Waals surface area (Å²) in [5, 5.41) is 14.3. The summed E-state index contributed by atoms with van der Waals surface area (Å²) in [7, 11) is 2.82. The van der Waals surface area contributed by atoms with E-state index in [9.17, 15) is 19.5 Å². The zero-order valence-electron chi connectivity index (χ0n) is 17.6. The molecule has 2 atom stereocenters. The van der Waals surface area contributed by atoms with E-state index in [1.54, 1.807) is 6.20 Å². The highest BCUT2D eigenvalue weighted by Crippen LogP contribution is 2.47. The van der Waals surface area contributed by atoms with E-state index in [-0.39, 0.29) is 18.0 Å². The molecule has 2 aliphatic heterocycles. The number of ether oxygens (including phenoxy) is 2. The van der Waals surface area contributed by atoms with Gasteiger partial charge in [0, 0.05) is 23.5 Å². The molecule has 2 amide bonds. The first kappa shape index (κ1) is 23.5. The minimum atomic E-state index is -1.60. The van der Waals surface area contributed by atoms with Crippen molar-refractivity contribution < 1.29 is 29.0 Å². The molecule has 10 nitrogen and oxygen atoms in total. The van der Waals surface area contributed by atoms with Crippen molar-refractivity contribution in [3.05, 3.63) is 46.1 Å². The van der Waals surface area contributed by atoms with Crippen LogP contribution in [0.15, 0.2) is 46.2 Å². The Labute approximate surface area is 201 Å². The Hall–Kier alpha value is -2.61. The lowest BCUT2D eigenvalue weighted by atomic mass is 9.98. The van der Waals surface area contributed by atoms with Crippen molar-refractivity contribution in [3.8, 4) is 5.88 Å². The van der Waals surface area contributed by atoms with E-state index in [2.05, 4.69) is 15.3 Å². The average Bonchev–Trinajstić information content (AvgIpc) is 3.33. The first-order valence-corrected chi connectivity index (χ1v) is 12.6. The topological polar surface area (TPSA) is 131 Å². The highest BCUT2D eigenvalue weighted by atomic mass is 32.2. The molecule has 1 saturated heterocycles. The van der Waals surface area contributed by atoms with Gasteiger partial charge >= 0.3 is 5.97 Å². The Bertz CT molecular complexity index is 1110. The summed E-state index contributed by atoms with van der Waals surface area (Å²) in [5.74, 6) is -1.18. The highest BCUT2D eigenvalue weighted by molar-refractivity contribution is 8.01. The third-order valence-corrected chi connectivity index (χ3v) is 8.30.